The summed E-state index contributed by atoms with van der Waals surface area (Å²) < 4.78 is 4.81. The Morgan fingerprint density at radius 2 is 2.22 bits per heavy atom. The van der Waals surface area contributed by atoms with Crippen LogP contribution >= 0.6 is 0 Å². The summed E-state index contributed by atoms with van der Waals surface area (Å²) in [7, 11) is 1.43. The Hall–Kier alpha value is -1.32. The molecule has 1 aromatic heterocycles. The average Bonchev–Trinajstić information content (AvgIpc) is 2.90. The number of H-pyrrole nitrogens is 1. The third-order valence-corrected chi connectivity index (χ3v) is 3.88. The third-order valence-electron chi connectivity index (χ3n) is 3.88. The van der Waals surface area contributed by atoms with Gasteiger partial charge in [0.05, 0.1) is 7.11 Å². The molecule has 1 N–H and O–H groups in total. The lowest BCUT2D eigenvalue weighted by molar-refractivity contribution is -0.142. The normalized spacial score (nSPS) is 18.6. The molecule has 4 heteroatoms. The summed E-state index contributed by atoms with van der Waals surface area (Å²) in [5.74, 6) is 0.884. The highest BCUT2D eigenvalue weighted by molar-refractivity contribution is 5.76. The molecule has 1 atom stereocenters. The molecule has 1 fully saturated rings. The number of nitrogens with one attached hydrogen (secondary N) is 1. The number of esters is 1. The van der Waals surface area contributed by atoms with Crippen molar-refractivity contribution in [2.45, 2.75) is 57.3 Å². The fourth-order valence-electron chi connectivity index (χ4n) is 2.76. The molecular weight excluding hydrogens is 228 g/mol. The molecule has 0 saturated heterocycles. The molecule has 1 aliphatic carbocycles. The van der Waals surface area contributed by atoms with E-state index >= 15 is 0 Å². The number of ether oxygens (including phenoxy) is 1. The van der Waals surface area contributed by atoms with Crippen molar-refractivity contribution in [2.75, 3.05) is 7.11 Å². The van der Waals surface area contributed by atoms with Crippen molar-refractivity contribution < 1.29 is 9.53 Å². The lowest BCUT2D eigenvalue weighted by Crippen LogP contribution is -2.15. The second-order valence-electron chi connectivity index (χ2n) is 5.04. The van der Waals surface area contributed by atoms with Crippen molar-refractivity contribution >= 4 is 5.97 Å². The fourth-order valence-corrected chi connectivity index (χ4v) is 2.76. The van der Waals surface area contributed by atoms with Crippen LogP contribution in [0.15, 0.2) is 6.20 Å². The molecular formula is C14H22N2O2. The van der Waals surface area contributed by atoms with Crippen LogP contribution < -0.4 is 0 Å². The molecule has 1 aliphatic rings. The molecule has 0 spiro atoms. The summed E-state index contributed by atoms with van der Waals surface area (Å²) in [5, 5.41) is 0. The monoisotopic (exact) mass is 250 g/mol. The van der Waals surface area contributed by atoms with Gasteiger partial charge in [-0.15, -0.1) is 0 Å². The maximum absolute atomic E-state index is 11.6. The first-order valence-corrected chi connectivity index (χ1v) is 6.88. The lowest BCUT2D eigenvalue weighted by atomic mass is 9.87. The highest BCUT2D eigenvalue weighted by Gasteiger charge is 2.24. The van der Waals surface area contributed by atoms with Crippen LogP contribution in [0, 0.1) is 0 Å². The zero-order valence-electron chi connectivity index (χ0n) is 11.2. The van der Waals surface area contributed by atoms with Gasteiger partial charge in [0.25, 0.3) is 0 Å². The van der Waals surface area contributed by atoms with E-state index in [4.69, 9.17) is 4.74 Å². The molecule has 1 aromatic rings. The molecule has 18 heavy (non-hydrogen) atoms. The van der Waals surface area contributed by atoms with Gasteiger partial charge in [0.15, 0.2) is 0 Å². The van der Waals surface area contributed by atoms with Gasteiger partial charge in [0.1, 0.15) is 11.7 Å². The second kappa shape index (κ2) is 6.03. The second-order valence-corrected chi connectivity index (χ2v) is 5.04. The number of aromatic nitrogens is 2. The van der Waals surface area contributed by atoms with Crippen molar-refractivity contribution in [3.05, 3.63) is 17.7 Å². The van der Waals surface area contributed by atoms with Crippen LogP contribution in [0.5, 0.6) is 0 Å². The first-order valence-electron chi connectivity index (χ1n) is 6.88. The lowest BCUT2D eigenvalue weighted by Gasteiger charge is -2.20. The molecule has 4 nitrogen and oxygen atoms in total. The van der Waals surface area contributed by atoms with E-state index in [2.05, 4.69) is 9.97 Å². The fraction of sp³-hybridized carbons (Fsp3) is 0.714. The Bertz CT molecular complexity index is 394. The summed E-state index contributed by atoms with van der Waals surface area (Å²) in [6.45, 7) is 1.98. The Labute approximate surface area is 108 Å². The van der Waals surface area contributed by atoms with Gasteiger partial charge in [0.2, 0.25) is 0 Å². The first-order chi connectivity index (χ1) is 8.76. The topological polar surface area (TPSA) is 55.0 Å². The molecule has 0 aromatic carbocycles. The van der Waals surface area contributed by atoms with Crippen molar-refractivity contribution in [1.29, 1.82) is 0 Å². The highest BCUT2D eigenvalue weighted by atomic mass is 16.5. The van der Waals surface area contributed by atoms with Crippen molar-refractivity contribution in [3.63, 3.8) is 0 Å². The summed E-state index contributed by atoms with van der Waals surface area (Å²) in [6.07, 6.45) is 9.02. The van der Waals surface area contributed by atoms with Gasteiger partial charge in [-0.05, 0) is 19.3 Å². The smallest absolute Gasteiger partial charge is 0.316 e. The van der Waals surface area contributed by atoms with Crippen LogP contribution in [0.2, 0.25) is 0 Å². The van der Waals surface area contributed by atoms with Gasteiger partial charge in [-0.1, -0.05) is 26.2 Å². The number of hydrogen-bond acceptors (Lipinski definition) is 3. The maximum atomic E-state index is 11.6. The van der Waals surface area contributed by atoms with Crippen LogP contribution in [-0.2, 0) is 9.53 Å². The number of carbonyl (C=O) groups excluding carboxylic acids is 1. The van der Waals surface area contributed by atoms with E-state index in [0.717, 1.165) is 5.82 Å². The number of nitrogens with zero attached hydrogens (tertiary/aromatic N) is 1. The zero-order chi connectivity index (χ0) is 13.0. The van der Waals surface area contributed by atoms with Gasteiger partial charge < -0.3 is 9.72 Å². The SMILES string of the molecule is CCC(C(=O)OC)c1ncc(C2CCCCC2)[nH]1. The predicted octanol–water partition coefficient (Wildman–Crippen LogP) is 3.12. The Morgan fingerprint density at radius 1 is 1.50 bits per heavy atom. The number of carbonyl (C=O) groups is 1. The molecule has 100 valence electrons. The highest BCUT2D eigenvalue weighted by Crippen LogP contribution is 2.32. The minimum absolute atomic E-state index is 0.206. The maximum Gasteiger partial charge on any atom is 0.316 e. The average molecular weight is 250 g/mol. The van der Waals surface area contributed by atoms with E-state index in [0.29, 0.717) is 12.3 Å². The number of rotatable bonds is 4. The van der Waals surface area contributed by atoms with Crippen LogP contribution in [0.1, 0.15) is 68.8 Å². The molecule has 1 unspecified atom stereocenters. The van der Waals surface area contributed by atoms with Crippen LogP contribution in [0.3, 0.4) is 0 Å². The molecule has 1 heterocycles. The predicted molar refractivity (Wildman–Crippen MR) is 69.5 cm³/mol. The van der Waals surface area contributed by atoms with E-state index in [1.54, 1.807) is 0 Å². The number of hydrogen-bond donors (Lipinski definition) is 1. The van der Waals surface area contributed by atoms with Crippen molar-refractivity contribution in [2.24, 2.45) is 0 Å². The standard InChI is InChI=1S/C14H22N2O2/c1-3-11(14(17)18-2)13-15-9-12(16-13)10-7-5-4-6-8-10/h9-11H,3-8H2,1-2H3,(H,15,16). The van der Waals surface area contributed by atoms with E-state index < -0.39 is 0 Å². The van der Waals surface area contributed by atoms with Crippen LogP contribution in [0.4, 0.5) is 0 Å². The summed E-state index contributed by atoms with van der Waals surface area (Å²) in [6, 6.07) is 0. The van der Waals surface area contributed by atoms with Crippen molar-refractivity contribution in [3.8, 4) is 0 Å². The number of imidazole rings is 1. The molecule has 2 rings (SSSR count). The third kappa shape index (κ3) is 2.74. The van der Waals surface area contributed by atoms with Gasteiger partial charge >= 0.3 is 5.97 Å². The minimum atomic E-state index is -0.257. The summed E-state index contributed by atoms with van der Waals surface area (Å²) in [4.78, 5) is 19.4. The molecule has 0 bridgehead atoms. The summed E-state index contributed by atoms with van der Waals surface area (Å²) >= 11 is 0. The largest absolute Gasteiger partial charge is 0.468 e. The quantitative estimate of drug-likeness (QED) is 0.835. The molecule has 0 radical (unpaired) electrons. The Balaban J connectivity index is 2.10. The van der Waals surface area contributed by atoms with Crippen LogP contribution in [-0.4, -0.2) is 23.0 Å². The molecule has 1 saturated carbocycles. The zero-order valence-corrected chi connectivity index (χ0v) is 11.2. The van der Waals surface area contributed by atoms with Gasteiger partial charge in [-0.2, -0.15) is 0 Å². The van der Waals surface area contributed by atoms with E-state index in [1.807, 2.05) is 13.1 Å². The minimum Gasteiger partial charge on any atom is -0.468 e. The van der Waals surface area contributed by atoms with E-state index in [-0.39, 0.29) is 11.9 Å². The summed E-state index contributed by atoms with van der Waals surface area (Å²) in [5.41, 5.74) is 1.19. The van der Waals surface area contributed by atoms with E-state index in [9.17, 15) is 4.79 Å². The number of methoxy groups -OCH3 is 1. The van der Waals surface area contributed by atoms with Gasteiger partial charge in [0, 0.05) is 17.8 Å². The molecule has 0 amide bonds. The first kappa shape index (κ1) is 13.1. The number of aromatic amines is 1. The Morgan fingerprint density at radius 3 is 2.83 bits per heavy atom. The van der Waals surface area contributed by atoms with Gasteiger partial charge in [-0.25, -0.2) is 4.98 Å². The van der Waals surface area contributed by atoms with Crippen molar-refractivity contribution in [1.82, 2.24) is 9.97 Å². The van der Waals surface area contributed by atoms with E-state index in [1.165, 1.54) is 44.9 Å². The molecule has 0 aliphatic heterocycles. The van der Waals surface area contributed by atoms with Crippen LogP contribution in [0.25, 0.3) is 0 Å². The van der Waals surface area contributed by atoms with Gasteiger partial charge in [-0.3, -0.25) is 4.79 Å². The Kier molecular flexibility index (Phi) is 4.39.